The number of nitrogens with zero attached hydrogens (tertiary/aromatic N) is 1. The summed E-state index contributed by atoms with van der Waals surface area (Å²) in [6.07, 6.45) is 1.03. The summed E-state index contributed by atoms with van der Waals surface area (Å²) in [5.41, 5.74) is 5.41. The second-order valence-electron chi connectivity index (χ2n) is 11.1. The summed E-state index contributed by atoms with van der Waals surface area (Å²) in [7, 11) is 0. The van der Waals surface area contributed by atoms with Crippen LogP contribution in [0.2, 0.25) is 0 Å². The summed E-state index contributed by atoms with van der Waals surface area (Å²) in [6.45, 7) is 4.90. The van der Waals surface area contributed by atoms with E-state index in [0.717, 1.165) is 28.0 Å². The van der Waals surface area contributed by atoms with Crippen molar-refractivity contribution in [2.24, 2.45) is 0 Å². The van der Waals surface area contributed by atoms with Gasteiger partial charge < -0.3 is 10.0 Å². The Morgan fingerprint density at radius 1 is 0.531 bits per heavy atom. The molecule has 0 aliphatic heterocycles. The maximum Gasteiger partial charge on any atom is 1.00 e. The molecule has 0 radical (unpaired) electrons. The number of halogens is 3. The zero-order chi connectivity index (χ0) is 33.2. The Kier molecular flexibility index (Phi) is 24.6. The van der Waals surface area contributed by atoms with Gasteiger partial charge in [0, 0.05) is 23.9 Å². The first kappa shape index (κ1) is 46.8. The van der Waals surface area contributed by atoms with E-state index in [4.69, 9.17) is 0 Å². The summed E-state index contributed by atoms with van der Waals surface area (Å²) < 4.78 is 3.50. The molecule has 0 saturated heterocycles. The molecule has 6 aromatic rings. The number of para-hydroxylation sites is 3. The fourth-order valence-corrected chi connectivity index (χ4v) is 5.22. The van der Waals surface area contributed by atoms with Gasteiger partial charge in [-0.25, -0.2) is 0 Å². The van der Waals surface area contributed by atoms with E-state index in [-0.39, 0.29) is 45.4 Å². The van der Waals surface area contributed by atoms with E-state index in [1.165, 1.54) is 19.2 Å². The monoisotopic (exact) mass is 900 g/mol. The third-order valence-electron chi connectivity index (χ3n) is 6.04. The van der Waals surface area contributed by atoms with Crippen molar-refractivity contribution in [1.82, 2.24) is 0 Å². The summed E-state index contributed by atoms with van der Waals surface area (Å²) >= 11 is 9.31. The first-order valence-electron chi connectivity index (χ1n) is 14.9. The van der Waals surface area contributed by atoms with Gasteiger partial charge in [0.15, 0.2) is 0 Å². The molecule has 0 amide bonds. The van der Waals surface area contributed by atoms with Crippen molar-refractivity contribution in [2.45, 2.75) is 40.2 Å². The smallest absolute Gasteiger partial charge is 0.850 e. The van der Waals surface area contributed by atoms with Gasteiger partial charge in [-0.3, -0.25) is 0 Å². The molecule has 6 aromatic carbocycles. The van der Waals surface area contributed by atoms with Crippen molar-refractivity contribution >= 4 is 79.9 Å². The van der Waals surface area contributed by atoms with Crippen LogP contribution in [0.3, 0.4) is 0 Å². The standard InChI is InChI=1S/C18H14BrN.C13H12.C6H4BrI.C4H9O.CH4.BH4.Na/c19-17-13-7-8-14-18(17)20(15-9-3-1-4-10-15)16-11-5-2-6-12-16;1-3-7-12(8-4-1)11-13-9-5-2-6-10-13;7-5-3-1-2-4-6(5)8;1-4(2,3)5;;;/h1-14H;1-10H,11H2;1-4H;1-3H3;2*1H4;/q;;;-1;;-1;+1. The fraction of sp³-hybridized carbons (Fsp3) is 0.143. The number of benzene rings is 6. The van der Waals surface area contributed by atoms with Crippen LogP contribution in [-0.4, -0.2) is 14.0 Å². The largest absolute Gasteiger partial charge is 1.00 e. The summed E-state index contributed by atoms with van der Waals surface area (Å²) in [6, 6.07) is 58.2. The zero-order valence-corrected chi connectivity index (χ0v) is 34.7. The Morgan fingerprint density at radius 3 is 1.16 bits per heavy atom. The summed E-state index contributed by atoms with van der Waals surface area (Å²) in [5, 5.41) is 10.1. The molecular formula is C42H47BBr2INNaO-. The third kappa shape index (κ3) is 19.1. The van der Waals surface area contributed by atoms with E-state index >= 15 is 0 Å². The molecule has 0 aromatic heterocycles. The van der Waals surface area contributed by atoms with Gasteiger partial charge in [-0.1, -0.05) is 158 Å². The van der Waals surface area contributed by atoms with E-state index < -0.39 is 5.60 Å². The first-order valence-corrected chi connectivity index (χ1v) is 17.6. The molecule has 0 aliphatic carbocycles. The minimum atomic E-state index is -0.750. The predicted octanol–water partition coefficient (Wildman–Crippen LogP) is 8.58. The van der Waals surface area contributed by atoms with Crippen LogP contribution in [0.1, 0.15) is 39.3 Å². The van der Waals surface area contributed by atoms with Gasteiger partial charge in [0.2, 0.25) is 0 Å². The van der Waals surface area contributed by atoms with Gasteiger partial charge in [-0.05, 0) is 121 Å². The Hall–Kier alpha value is -2.17. The van der Waals surface area contributed by atoms with Gasteiger partial charge in [0.25, 0.3) is 0 Å². The second kappa shape index (κ2) is 25.7. The van der Waals surface area contributed by atoms with Crippen molar-refractivity contribution in [3.05, 3.63) is 194 Å². The van der Waals surface area contributed by atoms with Crippen LogP contribution < -0.4 is 39.6 Å². The Morgan fingerprint density at radius 2 is 0.837 bits per heavy atom. The van der Waals surface area contributed by atoms with Crippen LogP contribution in [0.25, 0.3) is 0 Å². The van der Waals surface area contributed by atoms with Crippen LogP contribution in [0.5, 0.6) is 0 Å². The minimum absolute atomic E-state index is 0. The molecule has 252 valence electrons. The number of hydrogen-bond acceptors (Lipinski definition) is 2. The molecule has 0 fully saturated rings. The average Bonchev–Trinajstić information content (AvgIpc) is 3.05. The van der Waals surface area contributed by atoms with Gasteiger partial charge >= 0.3 is 29.6 Å². The van der Waals surface area contributed by atoms with Crippen molar-refractivity contribution in [3.8, 4) is 0 Å². The van der Waals surface area contributed by atoms with Crippen molar-refractivity contribution < 1.29 is 34.7 Å². The average molecular weight is 902 g/mol. The van der Waals surface area contributed by atoms with Crippen LogP contribution in [0.4, 0.5) is 17.1 Å². The van der Waals surface area contributed by atoms with Crippen molar-refractivity contribution in [1.29, 1.82) is 0 Å². The van der Waals surface area contributed by atoms with Crippen LogP contribution in [0, 0.1) is 3.57 Å². The van der Waals surface area contributed by atoms with Gasteiger partial charge in [-0.15, -0.1) is 5.60 Å². The molecular weight excluding hydrogens is 855 g/mol. The summed E-state index contributed by atoms with van der Waals surface area (Å²) in [4.78, 5) is 2.24. The number of rotatable bonds is 5. The normalized spacial score (nSPS) is 9.53. The Bertz CT molecular complexity index is 1590. The molecule has 0 N–H and O–H groups in total. The quantitative estimate of drug-likeness (QED) is 0.128. The van der Waals surface area contributed by atoms with E-state index in [2.05, 4.69) is 193 Å². The molecule has 0 aliphatic rings. The molecule has 0 heterocycles. The van der Waals surface area contributed by atoms with E-state index in [0.29, 0.717) is 0 Å². The molecule has 0 saturated carbocycles. The van der Waals surface area contributed by atoms with Gasteiger partial charge in [0.1, 0.15) is 0 Å². The Balaban J connectivity index is 0.000000688. The van der Waals surface area contributed by atoms with Crippen LogP contribution in [0.15, 0.2) is 179 Å². The van der Waals surface area contributed by atoms with Crippen LogP contribution >= 0.6 is 54.5 Å². The zero-order valence-electron chi connectivity index (χ0n) is 27.4. The summed E-state index contributed by atoms with van der Waals surface area (Å²) in [5.74, 6) is 0. The first-order chi connectivity index (χ1) is 22.1. The molecule has 49 heavy (non-hydrogen) atoms. The number of anilines is 3. The van der Waals surface area contributed by atoms with Crippen LogP contribution in [-0.2, 0) is 6.42 Å². The van der Waals surface area contributed by atoms with E-state index in [1.54, 1.807) is 20.8 Å². The SMILES string of the molecule is Brc1ccccc1I.Brc1ccccc1N(c1ccccc1)c1ccccc1.C.CC(C)(C)[O-].[BH4-].[Na+].c1ccc(Cc2ccccc2)cc1. The minimum Gasteiger partial charge on any atom is -0.850 e. The predicted molar refractivity (Wildman–Crippen MR) is 229 cm³/mol. The molecule has 2 nitrogen and oxygen atoms in total. The molecule has 0 unspecified atom stereocenters. The second-order valence-corrected chi connectivity index (χ2v) is 14.0. The topological polar surface area (TPSA) is 26.3 Å². The van der Waals surface area contributed by atoms with E-state index in [1.807, 2.05) is 36.4 Å². The molecule has 0 atom stereocenters. The van der Waals surface area contributed by atoms with Gasteiger partial charge in [0.05, 0.1) is 5.69 Å². The van der Waals surface area contributed by atoms with E-state index in [9.17, 15) is 5.11 Å². The maximum absolute atomic E-state index is 10.1. The molecule has 7 heteroatoms. The molecule has 6 rings (SSSR count). The van der Waals surface area contributed by atoms with Crippen molar-refractivity contribution in [3.63, 3.8) is 0 Å². The number of hydrogen-bond donors (Lipinski definition) is 0. The molecule has 0 spiro atoms. The van der Waals surface area contributed by atoms with Gasteiger partial charge in [-0.2, -0.15) is 0 Å². The molecule has 0 bridgehead atoms. The fourth-order valence-electron chi connectivity index (χ4n) is 4.08. The third-order valence-corrected chi connectivity index (χ3v) is 9.08. The maximum atomic E-state index is 10.1. The van der Waals surface area contributed by atoms with Crippen molar-refractivity contribution in [2.75, 3.05) is 4.90 Å². The Labute approximate surface area is 349 Å².